The third-order valence-electron chi connectivity index (χ3n) is 3.17. The highest BCUT2D eigenvalue weighted by molar-refractivity contribution is 5.79. The molecule has 0 aliphatic carbocycles. The van der Waals surface area contributed by atoms with Crippen molar-refractivity contribution in [3.05, 3.63) is 39.9 Å². The minimum absolute atomic E-state index is 0.0258. The summed E-state index contributed by atoms with van der Waals surface area (Å²) < 4.78 is 6.97. The van der Waals surface area contributed by atoms with E-state index in [0.717, 1.165) is 11.5 Å². The molecule has 0 fully saturated rings. The van der Waals surface area contributed by atoms with Gasteiger partial charge in [0, 0.05) is 13.6 Å². The minimum atomic E-state index is -0.474. The summed E-state index contributed by atoms with van der Waals surface area (Å²) in [5, 5.41) is 20.7. The molecule has 2 heterocycles. The first kappa shape index (κ1) is 16.5. The Labute approximate surface area is 132 Å². The molecule has 0 aliphatic heterocycles. The Morgan fingerprint density at radius 1 is 1.48 bits per heavy atom. The molecule has 0 amide bonds. The Morgan fingerprint density at radius 2 is 2.26 bits per heavy atom. The summed E-state index contributed by atoms with van der Waals surface area (Å²) in [6.45, 7) is 5.16. The number of aliphatic imine (C=N–C) groups is 1. The van der Waals surface area contributed by atoms with Gasteiger partial charge < -0.3 is 15.1 Å². The molecule has 0 bridgehead atoms. The number of nitro groups is 1. The van der Waals surface area contributed by atoms with Crippen LogP contribution in [0.3, 0.4) is 0 Å². The van der Waals surface area contributed by atoms with Crippen molar-refractivity contribution in [2.24, 2.45) is 4.99 Å². The molecule has 124 valence electrons. The summed E-state index contributed by atoms with van der Waals surface area (Å²) in [4.78, 5) is 18.5. The van der Waals surface area contributed by atoms with Gasteiger partial charge in [0.2, 0.25) is 5.89 Å². The second kappa shape index (κ2) is 7.38. The summed E-state index contributed by atoms with van der Waals surface area (Å²) >= 11 is 0. The van der Waals surface area contributed by atoms with E-state index in [-0.39, 0.29) is 5.69 Å². The van der Waals surface area contributed by atoms with Gasteiger partial charge in [-0.25, -0.2) is 4.98 Å². The molecule has 2 N–H and O–H groups in total. The summed E-state index contributed by atoms with van der Waals surface area (Å²) in [7, 11) is 1.65. The predicted molar refractivity (Wildman–Crippen MR) is 83.1 cm³/mol. The largest absolute Gasteiger partial charge is 0.444 e. The zero-order chi connectivity index (χ0) is 16.8. The van der Waals surface area contributed by atoms with Crippen LogP contribution in [0.4, 0.5) is 5.69 Å². The molecule has 0 aromatic carbocycles. The lowest BCUT2D eigenvalue weighted by atomic mass is 10.4. The maximum absolute atomic E-state index is 10.6. The Morgan fingerprint density at radius 3 is 2.83 bits per heavy atom. The number of hydrogen-bond donors (Lipinski definition) is 2. The van der Waals surface area contributed by atoms with Crippen LogP contribution in [0.2, 0.25) is 0 Å². The monoisotopic (exact) mass is 321 g/mol. The Bertz CT molecular complexity index is 685. The molecule has 0 aliphatic rings. The van der Waals surface area contributed by atoms with Crippen molar-refractivity contribution in [3.8, 4) is 0 Å². The molecule has 2 aromatic rings. The van der Waals surface area contributed by atoms with E-state index < -0.39 is 4.92 Å². The zero-order valence-electron chi connectivity index (χ0n) is 13.2. The van der Waals surface area contributed by atoms with Crippen LogP contribution in [0.5, 0.6) is 0 Å². The Hall–Kier alpha value is -2.91. The molecule has 0 spiro atoms. The third kappa shape index (κ3) is 4.53. The molecular formula is C13H19N7O3. The highest BCUT2D eigenvalue weighted by Gasteiger charge is 2.09. The van der Waals surface area contributed by atoms with E-state index in [1.165, 1.54) is 17.1 Å². The number of aryl methyl sites for hydroxylation is 2. The quantitative estimate of drug-likeness (QED) is 0.348. The average molecular weight is 321 g/mol. The summed E-state index contributed by atoms with van der Waals surface area (Å²) in [6.07, 6.45) is 2.61. The van der Waals surface area contributed by atoms with Crippen molar-refractivity contribution in [3.63, 3.8) is 0 Å². The van der Waals surface area contributed by atoms with Gasteiger partial charge in [0.1, 0.15) is 18.2 Å². The summed E-state index contributed by atoms with van der Waals surface area (Å²) in [5.41, 5.74) is 0.840. The molecule has 23 heavy (non-hydrogen) atoms. The van der Waals surface area contributed by atoms with Crippen molar-refractivity contribution >= 4 is 11.6 Å². The van der Waals surface area contributed by atoms with E-state index in [4.69, 9.17) is 4.42 Å². The lowest BCUT2D eigenvalue weighted by Crippen LogP contribution is -2.38. The first-order valence-electron chi connectivity index (χ1n) is 7.04. The number of hydrogen-bond acceptors (Lipinski definition) is 6. The predicted octanol–water partition coefficient (Wildman–Crippen LogP) is 0.761. The van der Waals surface area contributed by atoms with Crippen molar-refractivity contribution in [1.29, 1.82) is 0 Å². The normalized spacial score (nSPS) is 11.5. The van der Waals surface area contributed by atoms with E-state index >= 15 is 0 Å². The van der Waals surface area contributed by atoms with E-state index in [1.807, 2.05) is 13.8 Å². The smallest absolute Gasteiger partial charge is 0.306 e. The van der Waals surface area contributed by atoms with Crippen LogP contribution in [0.1, 0.15) is 17.3 Å². The molecule has 0 saturated carbocycles. The van der Waals surface area contributed by atoms with Crippen LogP contribution in [0, 0.1) is 24.0 Å². The fourth-order valence-electron chi connectivity index (χ4n) is 1.85. The average Bonchev–Trinajstić information content (AvgIpc) is 3.10. The highest BCUT2D eigenvalue weighted by atomic mass is 16.6. The second-order valence-electron chi connectivity index (χ2n) is 4.82. The van der Waals surface area contributed by atoms with Crippen molar-refractivity contribution in [2.75, 3.05) is 13.6 Å². The molecule has 0 saturated heterocycles. The van der Waals surface area contributed by atoms with Gasteiger partial charge in [0.25, 0.3) is 0 Å². The summed E-state index contributed by atoms with van der Waals surface area (Å²) in [5.74, 6) is 1.97. The fourth-order valence-corrected chi connectivity index (χ4v) is 1.85. The van der Waals surface area contributed by atoms with Gasteiger partial charge in [0.15, 0.2) is 5.96 Å². The van der Waals surface area contributed by atoms with Gasteiger partial charge in [-0.15, -0.1) is 0 Å². The van der Waals surface area contributed by atoms with Gasteiger partial charge in [-0.05, 0) is 13.8 Å². The maximum atomic E-state index is 10.6. The van der Waals surface area contributed by atoms with Gasteiger partial charge >= 0.3 is 5.69 Å². The SMILES string of the molecule is CN=C(NCCn1cc([N+](=O)[O-])cn1)NCc1nc(C)c(C)o1. The van der Waals surface area contributed by atoms with Crippen LogP contribution in [0.15, 0.2) is 21.8 Å². The van der Waals surface area contributed by atoms with Crippen LogP contribution >= 0.6 is 0 Å². The van der Waals surface area contributed by atoms with Gasteiger partial charge in [-0.2, -0.15) is 5.10 Å². The second-order valence-corrected chi connectivity index (χ2v) is 4.82. The molecule has 0 unspecified atom stereocenters. The van der Waals surface area contributed by atoms with Crippen molar-refractivity contribution in [2.45, 2.75) is 26.9 Å². The first-order valence-corrected chi connectivity index (χ1v) is 7.04. The topological polar surface area (TPSA) is 123 Å². The lowest BCUT2D eigenvalue weighted by Gasteiger charge is -2.10. The summed E-state index contributed by atoms with van der Waals surface area (Å²) in [6, 6.07) is 0. The lowest BCUT2D eigenvalue weighted by molar-refractivity contribution is -0.385. The Kier molecular flexibility index (Phi) is 5.28. The minimum Gasteiger partial charge on any atom is -0.444 e. The molecule has 10 heteroatoms. The Balaban J connectivity index is 1.77. The van der Waals surface area contributed by atoms with E-state index in [1.54, 1.807) is 7.05 Å². The van der Waals surface area contributed by atoms with Crippen LogP contribution < -0.4 is 10.6 Å². The van der Waals surface area contributed by atoms with Gasteiger partial charge in [-0.3, -0.25) is 19.8 Å². The van der Waals surface area contributed by atoms with Gasteiger partial charge in [0.05, 0.1) is 23.7 Å². The van der Waals surface area contributed by atoms with E-state index in [9.17, 15) is 10.1 Å². The number of aromatic nitrogens is 3. The van der Waals surface area contributed by atoms with E-state index in [2.05, 4.69) is 25.7 Å². The number of guanidine groups is 1. The standard InChI is InChI=1S/C13H19N7O3/c1-9-10(2)23-12(18-9)7-16-13(14-3)15-4-5-19-8-11(6-17-19)20(21)22/h6,8H,4-5,7H2,1-3H3,(H2,14,15,16). The zero-order valence-corrected chi connectivity index (χ0v) is 13.2. The number of rotatable bonds is 6. The fraction of sp³-hybridized carbons (Fsp3) is 0.462. The van der Waals surface area contributed by atoms with Crippen LogP contribution in [-0.4, -0.2) is 39.2 Å². The molecule has 2 aromatic heterocycles. The van der Waals surface area contributed by atoms with Crippen LogP contribution in [-0.2, 0) is 13.1 Å². The number of nitrogens with zero attached hydrogens (tertiary/aromatic N) is 5. The molecule has 10 nitrogen and oxygen atoms in total. The molecule has 0 radical (unpaired) electrons. The van der Waals surface area contributed by atoms with Crippen molar-refractivity contribution < 1.29 is 9.34 Å². The molecule has 2 rings (SSSR count). The number of oxazole rings is 1. The highest BCUT2D eigenvalue weighted by Crippen LogP contribution is 2.08. The third-order valence-corrected chi connectivity index (χ3v) is 3.17. The molecule has 0 atom stereocenters. The van der Waals surface area contributed by atoms with Crippen molar-refractivity contribution in [1.82, 2.24) is 25.4 Å². The number of nitrogens with one attached hydrogen (secondary N) is 2. The maximum Gasteiger partial charge on any atom is 0.306 e. The van der Waals surface area contributed by atoms with Crippen LogP contribution in [0.25, 0.3) is 0 Å². The molecular weight excluding hydrogens is 302 g/mol. The van der Waals surface area contributed by atoms with Gasteiger partial charge in [-0.1, -0.05) is 0 Å². The first-order chi connectivity index (χ1) is 11.0. The van der Waals surface area contributed by atoms with E-state index in [0.29, 0.717) is 31.5 Å².